The summed E-state index contributed by atoms with van der Waals surface area (Å²) in [6, 6.07) is 29.9. The summed E-state index contributed by atoms with van der Waals surface area (Å²) in [6.45, 7) is 12.7. The van der Waals surface area contributed by atoms with Crippen molar-refractivity contribution in [1.29, 1.82) is 0 Å². The lowest BCUT2D eigenvalue weighted by atomic mass is 10.1. The monoisotopic (exact) mass is 1410 g/mol. The first-order valence-corrected chi connectivity index (χ1v) is 36.9. The molecule has 0 radical (unpaired) electrons. The quantitative estimate of drug-likeness (QED) is 0.0102. The highest BCUT2D eigenvalue weighted by Crippen LogP contribution is 2.36. The van der Waals surface area contributed by atoms with Gasteiger partial charge in [0, 0.05) is 49.9 Å². The summed E-state index contributed by atoms with van der Waals surface area (Å²) >= 11 is 0. The maximum absolute atomic E-state index is 13.1. The summed E-state index contributed by atoms with van der Waals surface area (Å²) in [5.41, 5.74) is 0.433. The molecule has 0 heterocycles. The number of carbonyl (C=O) groups is 3. The van der Waals surface area contributed by atoms with E-state index < -0.39 is 93.9 Å². The van der Waals surface area contributed by atoms with Gasteiger partial charge in [0.2, 0.25) is 20.0 Å². The number of aromatic hydroxyl groups is 9. The van der Waals surface area contributed by atoms with Crippen LogP contribution in [0.5, 0.6) is 51.7 Å². The van der Waals surface area contributed by atoms with Crippen LogP contribution in [0.1, 0.15) is 183 Å². The third-order valence-electron chi connectivity index (χ3n) is 14.4. The minimum atomic E-state index is -4.17. The van der Waals surface area contributed by atoms with Crippen molar-refractivity contribution in [2.24, 2.45) is 0 Å². The van der Waals surface area contributed by atoms with Crippen molar-refractivity contribution in [3.63, 3.8) is 0 Å². The van der Waals surface area contributed by atoms with E-state index in [9.17, 15) is 75.4 Å². The van der Waals surface area contributed by atoms with Gasteiger partial charge in [-0.15, -0.1) is 0 Å². The van der Waals surface area contributed by atoms with Gasteiger partial charge in [-0.3, -0.25) is 4.79 Å². The van der Waals surface area contributed by atoms with Crippen molar-refractivity contribution in [3.8, 4) is 51.7 Å². The van der Waals surface area contributed by atoms with Crippen LogP contribution >= 0.6 is 0 Å². The van der Waals surface area contributed by atoms with Crippen LogP contribution in [0.2, 0.25) is 0 Å². The summed E-state index contributed by atoms with van der Waals surface area (Å²) < 4.78 is 90.9. The molecule has 97 heavy (non-hydrogen) atoms. The zero-order chi connectivity index (χ0) is 72.2. The van der Waals surface area contributed by atoms with Gasteiger partial charge < -0.3 is 60.7 Å². The van der Waals surface area contributed by atoms with E-state index >= 15 is 0 Å². The van der Waals surface area contributed by atoms with E-state index in [4.69, 9.17) is 19.7 Å². The average molecular weight is 1410 g/mol. The Morgan fingerprint density at radius 3 is 1.34 bits per heavy atom. The summed E-state index contributed by atoms with van der Waals surface area (Å²) in [5.74, 6) is -5.94. The Bertz CT molecular complexity index is 3700. The molecule has 0 spiro atoms. The third-order valence-corrected chi connectivity index (χ3v) is 19.5. The zero-order valence-electron chi connectivity index (χ0n) is 56.2. The molecule has 6 aromatic rings. The molecule has 0 aromatic heterocycles. The molecule has 0 unspecified atom stereocenters. The van der Waals surface area contributed by atoms with Crippen molar-refractivity contribution in [1.82, 2.24) is 18.6 Å². The maximum atomic E-state index is 13.1. The van der Waals surface area contributed by atoms with Gasteiger partial charge in [0.1, 0.15) is 12.2 Å². The van der Waals surface area contributed by atoms with Crippen molar-refractivity contribution in [2.45, 2.75) is 184 Å². The molecular formula is C70H98N4O20S3. The van der Waals surface area contributed by atoms with Gasteiger partial charge in [-0.05, 0) is 106 Å². The Morgan fingerprint density at radius 1 is 0.443 bits per heavy atom. The molecule has 6 rings (SSSR count). The third kappa shape index (κ3) is 29.8. The number of nitrogens with zero attached hydrogens (tertiary/aromatic N) is 2. The number of carbonyl (C=O) groups excluding carboxylic acids is 3. The molecule has 0 saturated carbocycles. The first kappa shape index (κ1) is 82.7. The number of hydrogen-bond acceptors (Lipinski definition) is 20. The summed E-state index contributed by atoms with van der Waals surface area (Å²) in [6.07, 6.45) is 18.1. The highest BCUT2D eigenvalue weighted by atomic mass is 32.2. The van der Waals surface area contributed by atoms with Crippen LogP contribution in [0.25, 0.3) is 0 Å². The van der Waals surface area contributed by atoms with E-state index in [1.165, 1.54) is 67.1 Å². The molecule has 536 valence electrons. The molecule has 0 bridgehead atoms. The van der Waals surface area contributed by atoms with Gasteiger partial charge >= 0.3 is 12.1 Å². The number of esters is 1. The smallest absolute Gasteiger partial charge is 0.407 e. The van der Waals surface area contributed by atoms with Gasteiger partial charge in [-0.2, -0.15) is 4.31 Å². The van der Waals surface area contributed by atoms with Crippen LogP contribution in [-0.4, -0.2) is 136 Å². The number of hydrogen-bond donors (Lipinski definition) is 11. The first-order valence-electron chi connectivity index (χ1n) is 32.5. The van der Waals surface area contributed by atoms with E-state index in [1.54, 1.807) is 51.1 Å². The first-order chi connectivity index (χ1) is 45.9. The van der Waals surface area contributed by atoms with Crippen molar-refractivity contribution < 1.29 is 95.1 Å². The zero-order valence-corrected chi connectivity index (χ0v) is 58.7. The molecule has 0 aliphatic heterocycles. The minimum absolute atomic E-state index is 0.0142. The summed E-state index contributed by atoms with van der Waals surface area (Å²) in [7, 11) is -11.6. The lowest BCUT2D eigenvalue weighted by Crippen LogP contribution is -2.37. The molecule has 0 saturated heterocycles. The van der Waals surface area contributed by atoms with Crippen molar-refractivity contribution in [2.75, 3.05) is 32.8 Å². The molecule has 0 aliphatic rings. The fourth-order valence-electron chi connectivity index (χ4n) is 9.12. The highest BCUT2D eigenvalue weighted by Gasteiger charge is 2.31. The lowest BCUT2D eigenvalue weighted by Gasteiger charge is -2.23. The maximum Gasteiger partial charge on any atom is 0.407 e. The number of rotatable bonds is 34. The summed E-state index contributed by atoms with van der Waals surface area (Å²) in [4.78, 5) is 35.6. The predicted octanol–water partition coefficient (Wildman–Crippen LogP) is 13.2. The SMILES string of the molecule is CC(C)(C)OC(=O)NCCOC(=O)c1cc(O)c(O)c(O)c1.CCCCCCCCN(C(=O)c1ccccc1)S(=O)(=O)c1ccc(O)c(O)c1.CCCCCCCCN(Cc1ccccc1)S(=O)(=O)c1ccc(O)c(O)c1.CCCCCCCCNS(=O)(=O)c1ccc(O)c(O)c1. The molecular weight excluding hydrogens is 1310 g/mol. The van der Waals surface area contributed by atoms with E-state index in [2.05, 4.69) is 30.8 Å². The second-order valence-corrected chi connectivity index (χ2v) is 29.2. The molecule has 11 N–H and O–H groups in total. The van der Waals surface area contributed by atoms with Gasteiger partial charge in [0.25, 0.3) is 15.9 Å². The number of phenolic OH excluding ortho intramolecular Hbond substituents is 9. The standard InChI is InChI=1S/C21H27NO5S.C21H29NO4S.C14H19NO7.C14H23NO4S/c1-2-3-4-5-6-10-15-22(21(25)17-11-8-7-9-12-17)28(26,27)18-13-14-19(23)20(24)16-18;1-2-3-4-5-6-10-15-22(17-18-11-8-7-9-12-18)27(25,26)19-13-14-20(23)21(24)16-19;1-14(2,3)22-13(20)15-4-5-21-12(19)8-6-9(16)11(18)10(17)7-8;1-2-3-4-5-6-7-10-15-20(18,19)12-8-9-13(16)14(17)11-12/h7-9,11-14,16,23-24H,2-6,10,15H2,1H3;7-9,11-14,16,23-24H,2-6,10,15,17H2,1H3;6-7,16-18H,4-5H2,1-3H3,(H,15,20);8-9,11,15-17H,2-7,10H2,1H3. The van der Waals surface area contributed by atoms with Gasteiger partial charge in [0.15, 0.2) is 51.7 Å². The van der Waals surface area contributed by atoms with E-state index in [1.807, 2.05) is 30.3 Å². The second-order valence-electron chi connectivity index (χ2n) is 23.7. The largest absolute Gasteiger partial charge is 0.504 e. The molecule has 2 amide bonds. The molecule has 0 aliphatic carbocycles. The molecule has 0 fully saturated rings. The molecule has 27 heteroatoms. The van der Waals surface area contributed by atoms with Crippen LogP contribution in [0.3, 0.4) is 0 Å². The molecule has 0 atom stereocenters. The fourth-order valence-corrected chi connectivity index (χ4v) is 13.1. The number of unbranched alkanes of at least 4 members (excludes halogenated alkanes) is 15. The Balaban J connectivity index is 0.000000340. The topological polar surface area (TPSA) is 385 Å². The average Bonchev–Trinajstić information content (AvgIpc) is 0.807. The highest BCUT2D eigenvalue weighted by molar-refractivity contribution is 7.90. The van der Waals surface area contributed by atoms with Gasteiger partial charge in [-0.1, -0.05) is 166 Å². The fraction of sp³-hybridized carbons (Fsp3) is 0.443. The number of amides is 2. The van der Waals surface area contributed by atoms with E-state index in [0.717, 1.165) is 123 Å². The van der Waals surface area contributed by atoms with E-state index in [-0.39, 0.29) is 63.6 Å². The van der Waals surface area contributed by atoms with E-state index in [0.29, 0.717) is 19.5 Å². The predicted molar refractivity (Wildman–Crippen MR) is 369 cm³/mol. The number of phenols is 9. The Morgan fingerprint density at radius 2 is 0.866 bits per heavy atom. The van der Waals surface area contributed by atoms with Crippen LogP contribution in [0, 0.1) is 0 Å². The Kier molecular flexibility index (Phi) is 36.0. The van der Waals surface area contributed by atoms with Crippen molar-refractivity contribution in [3.05, 3.63) is 144 Å². The Hall–Kier alpha value is -8.50. The second kappa shape index (κ2) is 42.2. The summed E-state index contributed by atoms with van der Waals surface area (Å²) in [5, 5.41) is 86.9. The van der Waals surface area contributed by atoms with Crippen LogP contribution in [0.15, 0.2) is 142 Å². The van der Waals surface area contributed by atoms with Crippen LogP contribution in [0.4, 0.5) is 4.79 Å². The lowest BCUT2D eigenvalue weighted by molar-refractivity contribution is 0.0433. The van der Waals surface area contributed by atoms with Gasteiger partial charge in [0.05, 0.1) is 26.8 Å². The number of benzene rings is 6. The molecule has 24 nitrogen and oxygen atoms in total. The van der Waals surface area contributed by atoms with Gasteiger partial charge in [-0.25, -0.2) is 43.9 Å². The Labute approximate surface area is 571 Å². The van der Waals surface area contributed by atoms with Crippen molar-refractivity contribution >= 4 is 48.0 Å². The number of ether oxygens (including phenoxy) is 2. The number of nitrogens with one attached hydrogen (secondary N) is 2. The molecule has 6 aromatic carbocycles. The number of alkyl carbamates (subject to hydrolysis) is 1. The van der Waals surface area contributed by atoms with Crippen LogP contribution < -0.4 is 10.0 Å². The van der Waals surface area contributed by atoms with Crippen LogP contribution in [-0.2, 0) is 46.1 Å². The minimum Gasteiger partial charge on any atom is -0.504 e. The normalized spacial score (nSPS) is 11.4. The number of sulfonamides is 3.